The molecule has 0 radical (unpaired) electrons. The second-order valence-corrected chi connectivity index (χ2v) is 4.70. The highest BCUT2D eigenvalue weighted by Crippen LogP contribution is 2.31. The van der Waals surface area contributed by atoms with E-state index >= 15 is 0 Å². The van der Waals surface area contributed by atoms with Crippen molar-refractivity contribution in [3.63, 3.8) is 0 Å². The van der Waals surface area contributed by atoms with Gasteiger partial charge >= 0.3 is 5.97 Å². The molecule has 1 fully saturated rings. The van der Waals surface area contributed by atoms with E-state index < -0.39 is 5.97 Å². The van der Waals surface area contributed by atoms with Crippen molar-refractivity contribution in [3.05, 3.63) is 23.9 Å². The predicted molar refractivity (Wildman–Crippen MR) is 66.1 cm³/mol. The van der Waals surface area contributed by atoms with Gasteiger partial charge in [0.1, 0.15) is 5.82 Å². The Morgan fingerprint density at radius 2 is 2.06 bits per heavy atom. The third kappa shape index (κ3) is 2.85. The minimum atomic E-state index is -0.806. The number of aromatic nitrogens is 1. The number of aliphatic carboxylic acids is 1. The zero-order chi connectivity index (χ0) is 13.1. The minimum absolute atomic E-state index is 0.128. The van der Waals surface area contributed by atoms with E-state index in [0.717, 1.165) is 5.69 Å². The maximum Gasteiger partial charge on any atom is 0.306 e. The standard InChI is InChI=1S/C13H16N2O3/c1-8-3-2-4-11(14-8)15-12(16)9-5-6-10(7-9)13(17)18/h2-4,9-10H,5-7H2,1H3,(H,17,18)(H,14,15,16)/t9-,10+/m1/s1. The summed E-state index contributed by atoms with van der Waals surface area (Å²) in [5.74, 6) is -1.01. The molecule has 0 aromatic carbocycles. The van der Waals surface area contributed by atoms with Crippen LogP contribution in [0.5, 0.6) is 0 Å². The molecule has 2 rings (SSSR count). The Morgan fingerprint density at radius 3 is 2.67 bits per heavy atom. The largest absolute Gasteiger partial charge is 0.481 e. The van der Waals surface area contributed by atoms with Gasteiger partial charge in [-0.2, -0.15) is 0 Å². The lowest BCUT2D eigenvalue weighted by Gasteiger charge is -2.10. The molecular weight excluding hydrogens is 232 g/mol. The van der Waals surface area contributed by atoms with Crippen molar-refractivity contribution >= 4 is 17.7 Å². The van der Waals surface area contributed by atoms with Gasteiger partial charge in [0.15, 0.2) is 0 Å². The Labute approximate surface area is 105 Å². The van der Waals surface area contributed by atoms with Crippen LogP contribution in [0, 0.1) is 18.8 Å². The highest BCUT2D eigenvalue weighted by atomic mass is 16.4. The van der Waals surface area contributed by atoms with Crippen molar-refractivity contribution in [2.75, 3.05) is 5.32 Å². The maximum absolute atomic E-state index is 12.0. The van der Waals surface area contributed by atoms with Gasteiger partial charge in [0.25, 0.3) is 0 Å². The number of rotatable bonds is 3. The summed E-state index contributed by atoms with van der Waals surface area (Å²) in [6.45, 7) is 1.85. The van der Waals surface area contributed by atoms with E-state index in [2.05, 4.69) is 10.3 Å². The van der Waals surface area contributed by atoms with Crippen LogP contribution in [0.25, 0.3) is 0 Å². The van der Waals surface area contributed by atoms with Crippen LogP contribution in [0.4, 0.5) is 5.82 Å². The van der Waals surface area contributed by atoms with Crippen LogP contribution in [0.15, 0.2) is 18.2 Å². The summed E-state index contributed by atoms with van der Waals surface area (Å²) in [6.07, 6.45) is 1.64. The molecule has 0 unspecified atom stereocenters. The number of hydrogen-bond acceptors (Lipinski definition) is 3. The number of carboxylic acids is 1. The number of pyridine rings is 1. The summed E-state index contributed by atoms with van der Waals surface area (Å²) < 4.78 is 0. The number of nitrogens with zero attached hydrogens (tertiary/aromatic N) is 1. The summed E-state index contributed by atoms with van der Waals surface area (Å²) in [5.41, 5.74) is 0.836. The average molecular weight is 248 g/mol. The molecule has 5 heteroatoms. The fraction of sp³-hybridized carbons (Fsp3) is 0.462. The molecule has 0 saturated heterocycles. The van der Waals surface area contributed by atoms with Gasteiger partial charge in [-0.15, -0.1) is 0 Å². The van der Waals surface area contributed by atoms with Crippen LogP contribution in [-0.2, 0) is 9.59 Å². The lowest BCUT2D eigenvalue weighted by Crippen LogP contribution is -2.22. The van der Waals surface area contributed by atoms with E-state index in [4.69, 9.17) is 5.11 Å². The molecule has 96 valence electrons. The third-order valence-corrected chi connectivity index (χ3v) is 3.29. The van der Waals surface area contributed by atoms with Crippen molar-refractivity contribution in [1.29, 1.82) is 0 Å². The number of amides is 1. The van der Waals surface area contributed by atoms with Gasteiger partial charge in [-0.1, -0.05) is 6.07 Å². The molecule has 18 heavy (non-hydrogen) atoms. The molecule has 1 aliphatic rings. The van der Waals surface area contributed by atoms with Gasteiger partial charge < -0.3 is 10.4 Å². The van der Waals surface area contributed by atoms with Gasteiger partial charge in [0, 0.05) is 11.6 Å². The highest BCUT2D eigenvalue weighted by Gasteiger charge is 2.33. The molecular formula is C13H16N2O3. The van der Waals surface area contributed by atoms with E-state index in [9.17, 15) is 9.59 Å². The van der Waals surface area contributed by atoms with Crippen molar-refractivity contribution in [3.8, 4) is 0 Å². The summed E-state index contributed by atoms with van der Waals surface area (Å²) in [5, 5.41) is 11.6. The lowest BCUT2D eigenvalue weighted by atomic mass is 10.0. The number of anilines is 1. The van der Waals surface area contributed by atoms with Crippen LogP contribution in [0.2, 0.25) is 0 Å². The first kappa shape index (κ1) is 12.5. The summed E-state index contributed by atoms with van der Waals surface area (Å²) in [6, 6.07) is 5.41. The minimum Gasteiger partial charge on any atom is -0.481 e. The Hall–Kier alpha value is -1.91. The Bertz CT molecular complexity index is 473. The number of nitrogens with one attached hydrogen (secondary N) is 1. The number of carbonyl (C=O) groups is 2. The molecule has 2 N–H and O–H groups in total. The SMILES string of the molecule is Cc1cccc(NC(=O)[C@@H]2CC[C@H](C(=O)O)C2)n1. The Balaban J connectivity index is 1.95. The van der Waals surface area contributed by atoms with Gasteiger partial charge in [-0.25, -0.2) is 4.98 Å². The number of aryl methyl sites for hydroxylation is 1. The first-order valence-electron chi connectivity index (χ1n) is 6.03. The third-order valence-electron chi connectivity index (χ3n) is 3.29. The second-order valence-electron chi connectivity index (χ2n) is 4.70. The van der Waals surface area contributed by atoms with Crippen LogP contribution in [-0.4, -0.2) is 22.0 Å². The van der Waals surface area contributed by atoms with Crippen LogP contribution in [0.1, 0.15) is 25.0 Å². The first-order valence-corrected chi connectivity index (χ1v) is 6.03. The van der Waals surface area contributed by atoms with Gasteiger partial charge in [-0.05, 0) is 38.3 Å². The number of hydrogen-bond donors (Lipinski definition) is 2. The van der Waals surface area contributed by atoms with E-state index in [1.54, 1.807) is 6.07 Å². The zero-order valence-electron chi connectivity index (χ0n) is 10.2. The Kier molecular flexibility index (Phi) is 3.60. The summed E-state index contributed by atoms with van der Waals surface area (Å²) in [4.78, 5) is 27.0. The summed E-state index contributed by atoms with van der Waals surface area (Å²) >= 11 is 0. The molecule has 1 saturated carbocycles. The Morgan fingerprint density at radius 1 is 1.33 bits per heavy atom. The highest BCUT2D eigenvalue weighted by molar-refractivity contribution is 5.92. The monoisotopic (exact) mass is 248 g/mol. The molecule has 1 amide bonds. The molecule has 1 heterocycles. The normalized spacial score (nSPS) is 22.7. The number of carbonyl (C=O) groups excluding carboxylic acids is 1. The van der Waals surface area contributed by atoms with Crippen LogP contribution in [0.3, 0.4) is 0 Å². The number of carboxylic acid groups (broad SMARTS) is 1. The molecule has 1 aromatic heterocycles. The average Bonchev–Trinajstić information content (AvgIpc) is 2.78. The molecule has 0 aliphatic heterocycles. The fourth-order valence-corrected chi connectivity index (χ4v) is 2.28. The van der Waals surface area contributed by atoms with Crippen molar-refractivity contribution in [2.24, 2.45) is 11.8 Å². The maximum atomic E-state index is 12.0. The van der Waals surface area contributed by atoms with Gasteiger partial charge in [0.2, 0.25) is 5.91 Å². The van der Waals surface area contributed by atoms with E-state index in [1.165, 1.54) is 0 Å². The molecule has 2 atom stereocenters. The predicted octanol–water partition coefficient (Wildman–Crippen LogP) is 1.83. The van der Waals surface area contributed by atoms with E-state index in [0.29, 0.717) is 25.1 Å². The lowest BCUT2D eigenvalue weighted by molar-refractivity contribution is -0.141. The van der Waals surface area contributed by atoms with Crippen molar-refractivity contribution in [2.45, 2.75) is 26.2 Å². The van der Waals surface area contributed by atoms with Gasteiger partial charge in [0.05, 0.1) is 5.92 Å². The summed E-state index contributed by atoms with van der Waals surface area (Å²) in [7, 11) is 0. The smallest absolute Gasteiger partial charge is 0.306 e. The molecule has 0 bridgehead atoms. The molecule has 0 spiro atoms. The quantitative estimate of drug-likeness (QED) is 0.855. The second kappa shape index (κ2) is 5.16. The molecule has 1 aromatic rings. The van der Waals surface area contributed by atoms with E-state index in [-0.39, 0.29) is 17.7 Å². The molecule has 1 aliphatic carbocycles. The van der Waals surface area contributed by atoms with Crippen molar-refractivity contribution < 1.29 is 14.7 Å². The molecule has 5 nitrogen and oxygen atoms in total. The first-order chi connectivity index (χ1) is 8.56. The zero-order valence-corrected chi connectivity index (χ0v) is 10.2. The topological polar surface area (TPSA) is 79.3 Å². The van der Waals surface area contributed by atoms with Crippen LogP contribution < -0.4 is 5.32 Å². The van der Waals surface area contributed by atoms with E-state index in [1.807, 2.05) is 19.1 Å². The van der Waals surface area contributed by atoms with Crippen LogP contribution >= 0.6 is 0 Å². The van der Waals surface area contributed by atoms with Gasteiger partial charge in [-0.3, -0.25) is 9.59 Å². The van der Waals surface area contributed by atoms with Crippen molar-refractivity contribution in [1.82, 2.24) is 4.98 Å². The fourth-order valence-electron chi connectivity index (χ4n) is 2.28.